The van der Waals surface area contributed by atoms with Crippen molar-refractivity contribution >= 4 is 11.6 Å². The van der Waals surface area contributed by atoms with E-state index in [1.807, 2.05) is 19.0 Å². The van der Waals surface area contributed by atoms with Gasteiger partial charge in [0.1, 0.15) is 5.82 Å². The van der Waals surface area contributed by atoms with Gasteiger partial charge in [-0.2, -0.15) is 0 Å². The van der Waals surface area contributed by atoms with Gasteiger partial charge >= 0.3 is 0 Å². The lowest BCUT2D eigenvalue weighted by Crippen LogP contribution is -2.53. The van der Waals surface area contributed by atoms with Gasteiger partial charge in [-0.15, -0.1) is 0 Å². The summed E-state index contributed by atoms with van der Waals surface area (Å²) in [6.45, 7) is 2.69. The number of rotatable bonds is 6. The van der Waals surface area contributed by atoms with Gasteiger partial charge in [-0.1, -0.05) is 6.07 Å². The van der Waals surface area contributed by atoms with Gasteiger partial charge in [-0.25, -0.2) is 4.39 Å². The summed E-state index contributed by atoms with van der Waals surface area (Å²) < 4.78 is 13.1. The highest BCUT2D eigenvalue weighted by Gasteiger charge is 2.33. The molecule has 0 radical (unpaired) electrons. The third-order valence-electron chi connectivity index (χ3n) is 4.01. The van der Waals surface area contributed by atoms with Crippen LogP contribution in [0.2, 0.25) is 0 Å². The number of hydrogen-bond acceptors (Lipinski definition) is 4. The first-order valence-electron chi connectivity index (χ1n) is 8.01. The highest BCUT2D eigenvalue weighted by molar-refractivity contribution is 5.90. The minimum Gasteiger partial charge on any atom is -0.387 e. The topological polar surface area (TPSA) is 55.8 Å². The van der Waals surface area contributed by atoms with Crippen LogP contribution in [0, 0.1) is 5.82 Å². The SMILES string of the molecule is CN(C)CC1(O)CCCN(CCC(=O)Nc2cccc(F)c2)C1. The standard InChI is InChI=1S/C17H26FN3O2/c1-20(2)12-17(23)8-4-9-21(13-17)10-7-16(22)19-15-6-3-5-14(18)11-15/h3,5-6,11,23H,4,7-10,12-13H2,1-2H3,(H,19,22). The van der Waals surface area contributed by atoms with Gasteiger partial charge in [0.15, 0.2) is 0 Å². The van der Waals surface area contributed by atoms with Crippen molar-refractivity contribution in [3.8, 4) is 0 Å². The average Bonchev–Trinajstić information content (AvgIpc) is 2.44. The molecule has 1 aromatic rings. The molecule has 1 unspecified atom stereocenters. The second-order valence-corrected chi connectivity index (χ2v) is 6.65. The average molecular weight is 323 g/mol. The molecule has 2 N–H and O–H groups in total. The first kappa shape index (κ1) is 17.8. The molecule has 1 atom stereocenters. The maximum absolute atomic E-state index is 13.1. The molecule has 0 spiro atoms. The molecule has 128 valence electrons. The highest BCUT2D eigenvalue weighted by atomic mass is 19.1. The molecule has 1 aliphatic rings. The van der Waals surface area contributed by atoms with Crippen molar-refractivity contribution < 1.29 is 14.3 Å². The lowest BCUT2D eigenvalue weighted by molar-refractivity contribution is -0.117. The van der Waals surface area contributed by atoms with Gasteiger partial charge in [0, 0.05) is 31.7 Å². The number of likely N-dealkylation sites (N-methyl/N-ethyl adjacent to an activating group) is 1. The Morgan fingerprint density at radius 2 is 2.26 bits per heavy atom. The number of carbonyl (C=O) groups excluding carboxylic acids is 1. The van der Waals surface area contributed by atoms with Crippen LogP contribution >= 0.6 is 0 Å². The van der Waals surface area contributed by atoms with Crippen molar-refractivity contribution in [1.29, 1.82) is 0 Å². The van der Waals surface area contributed by atoms with Crippen LogP contribution in [0.4, 0.5) is 10.1 Å². The molecule has 0 bridgehead atoms. The zero-order chi connectivity index (χ0) is 16.9. The number of benzene rings is 1. The van der Waals surface area contributed by atoms with Gasteiger partial charge in [-0.05, 0) is 51.7 Å². The molecule has 1 fully saturated rings. The Bertz CT molecular complexity index is 538. The molecule has 5 nitrogen and oxygen atoms in total. The highest BCUT2D eigenvalue weighted by Crippen LogP contribution is 2.22. The Balaban J connectivity index is 1.79. The molecule has 1 amide bonds. The van der Waals surface area contributed by atoms with Crippen molar-refractivity contribution in [2.75, 3.05) is 45.6 Å². The minimum atomic E-state index is -0.708. The number of piperidine rings is 1. The first-order chi connectivity index (χ1) is 10.9. The van der Waals surface area contributed by atoms with Crippen molar-refractivity contribution in [2.45, 2.75) is 24.9 Å². The van der Waals surface area contributed by atoms with E-state index < -0.39 is 5.60 Å². The maximum Gasteiger partial charge on any atom is 0.225 e. The summed E-state index contributed by atoms with van der Waals surface area (Å²) >= 11 is 0. The zero-order valence-corrected chi connectivity index (χ0v) is 13.9. The molecule has 2 rings (SSSR count). The number of β-amino-alcohol motifs (C(OH)–C–C–N with tert-alkyl or cyclic N) is 1. The Morgan fingerprint density at radius 1 is 1.48 bits per heavy atom. The van der Waals surface area contributed by atoms with E-state index in [0.717, 1.165) is 19.4 Å². The third-order valence-corrected chi connectivity index (χ3v) is 4.01. The number of hydrogen-bond donors (Lipinski definition) is 2. The van der Waals surface area contributed by atoms with Gasteiger partial charge < -0.3 is 15.3 Å². The Labute approximate surface area is 137 Å². The Morgan fingerprint density at radius 3 is 2.96 bits per heavy atom. The van der Waals surface area contributed by atoms with E-state index in [4.69, 9.17) is 0 Å². The molecular formula is C17H26FN3O2. The van der Waals surface area contributed by atoms with Crippen molar-refractivity contribution in [1.82, 2.24) is 9.80 Å². The fourth-order valence-electron chi connectivity index (χ4n) is 3.16. The van der Waals surface area contributed by atoms with Crippen LogP contribution in [0.1, 0.15) is 19.3 Å². The summed E-state index contributed by atoms with van der Waals surface area (Å²) in [5.74, 6) is -0.509. The number of halogens is 1. The zero-order valence-electron chi connectivity index (χ0n) is 13.9. The molecule has 0 aromatic heterocycles. The quantitative estimate of drug-likeness (QED) is 0.834. The number of carbonyl (C=O) groups is 1. The summed E-state index contributed by atoms with van der Waals surface area (Å²) in [4.78, 5) is 16.1. The van der Waals surface area contributed by atoms with Gasteiger partial charge in [0.25, 0.3) is 0 Å². The van der Waals surface area contributed by atoms with E-state index in [2.05, 4.69) is 10.2 Å². The lowest BCUT2D eigenvalue weighted by atomic mass is 9.92. The fourth-order valence-corrected chi connectivity index (χ4v) is 3.16. The van der Waals surface area contributed by atoms with E-state index in [1.165, 1.54) is 12.1 Å². The predicted octanol–water partition coefficient (Wildman–Crippen LogP) is 1.54. The molecule has 0 saturated carbocycles. The third kappa shape index (κ3) is 5.89. The van der Waals surface area contributed by atoms with Crippen LogP contribution in [0.25, 0.3) is 0 Å². The second-order valence-electron chi connectivity index (χ2n) is 6.65. The van der Waals surface area contributed by atoms with Crippen LogP contribution < -0.4 is 5.32 Å². The van der Waals surface area contributed by atoms with Crippen LogP contribution in [0.15, 0.2) is 24.3 Å². The van der Waals surface area contributed by atoms with Gasteiger partial charge in [0.05, 0.1) is 5.60 Å². The number of likely N-dealkylation sites (tertiary alicyclic amines) is 1. The van der Waals surface area contributed by atoms with Crippen molar-refractivity contribution in [3.63, 3.8) is 0 Å². The summed E-state index contributed by atoms with van der Waals surface area (Å²) in [6.07, 6.45) is 2.04. The molecule has 0 aliphatic carbocycles. The Kier molecular flexibility index (Phi) is 6.10. The molecule has 1 saturated heterocycles. The number of amides is 1. The maximum atomic E-state index is 13.1. The van der Waals surface area contributed by atoms with E-state index in [9.17, 15) is 14.3 Å². The largest absolute Gasteiger partial charge is 0.387 e. The summed E-state index contributed by atoms with van der Waals surface area (Å²) in [5.41, 5.74) is -0.237. The molecule has 6 heteroatoms. The number of aliphatic hydroxyl groups is 1. The number of nitrogens with one attached hydrogen (secondary N) is 1. The second kappa shape index (κ2) is 7.86. The van der Waals surface area contributed by atoms with Gasteiger partial charge in [0.2, 0.25) is 5.91 Å². The lowest BCUT2D eigenvalue weighted by Gasteiger charge is -2.40. The summed E-state index contributed by atoms with van der Waals surface area (Å²) in [5, 5.41) is 13.3. The molecular weight excluding hydrogens is 297 g/mol. The first-order valence-corrected chi connectivity index (χ1v) is 8.01. The number of anilines is 1. The minimum absolute atomic E-state index is 0.141. The van der Waals surface area contributed by atoms with Gasteiger partial charge in [-0.3, -0.25) is 9.69 Å². The van der Waals surface area contributed by atoms with Crippen LogP contribution in [-0.2, 0) is 4.79 Å². The van der Waals surface area contributed by atoms with Crippen LogP contribution in [0.3, 0.4) is 0 Å². The van der Waals surface area contributed by atoms with E-state index >= 15 is 0 Å². The molecule has 23 heavy (non-hydrogen) atoms. The smallest absolute Gasteiger partial charge is 0.225 e. The van der Waals surface area contributed by atoms with E-state index in [0.29, 0.717) is 31.7 Å². The number of nitrogens with zero attached hydrogens (tertiary/aromatic N) is 2. The molecule has 1 aliphatic heterocycles. The van der Waals surface area contributed by atoms with Crippen LogP contribution in [-0.4, -0.2) is 66.7 Å². The van der Waals surface area contributed by atoms with Crippen molar-refractivity contribution in [2.24, 2.45) is 0 Å². The fraction of sp³-hybridized carbons (Fsp3) is 0.588. The molecule has 1 heterocycles. The van der Waals surface area contributed by atoms with E-state index in [-0.39, 0.29) is 11.7 Å². The normalized spacial score (nSPS) is 22.3. The van der Waals surface area contributed by atoms with E-state index in [1.54, 1.807) is 12.1 Å². The predicted molar refractivity (Wildman–Crippen MR) is 88.8 cm³/mol. The Hall–Kier alpha value is -1.50. The monoisotopic (exact) mass is 323 g/mol. The summed E-state index contributed by atoms with van der Waals surface area (Å²) in [6, 6.07) is 5.87. The molecule has 1 aromatic carbocycles. The van der Waals surface area contributed by atoms with Crippen molar-refractivity contribution in [3.05, 3.63) is 30.1 Å². The van der Waals surface area contributed by atoms with Crippen LogP contribution in [0.5, 0.6) is 0 Å². The summed E-state index contributed by atoms with van der Waals surface area (Å²) in [7, 11) is 3.90.